The molecular formula is C26H25ClFN3O2. The molecule has 0 unspecified atom stereocenters. The lowest BCUT2D eigenvalue weighted by molar-refractivity contribution is 0.296. The van der Waals surface area contributed by atoms with Crippen LogP contribution in [-0.4, -0.2) is 12.1 Å². The number of pyridine rings is 1. The molecule has 0 saturated heterocycles. The number of aromatic nitrogens is 1. The predicted octanol–water partition coefficient (Wildman–Crippen LogP) is 6.24. The van der Waals surface area contributed by atoms with E-state index in [0.29, 0.717) is 17.1 Å². The summed E-state index contributed by atoms with van der Waals surface area (Å²) in [6.07, 6.45) is 6.16. The van der Waals surface area contributed by atoms with Crippen LogP contribution in [0.3, 0.4) is 0 Å². The van der Waals surface area contributed by atoms with Crippen LogP contribution in [0.25, 0.3) is 11.1 Å². The highest BCUT2D eigenvalue weighted by Gasteiger charge is 2.21. The molecule has 0 amide bonds. The quantitative estimate of drug-likeness (QED) is 0.482. The highest BCUT2D eigenvalue weighted by molar-refractivity contribution is 6.30. The molecule has 1 heterocycles. The topological polar surface area (TPSA) is 81.2 Å². The first-order valence-electron chi connectivity index (χ1n) is 11.0. The van der Waals surface area contributed by atoms with Gasteiger partial charge in [0.15, 0.2) is 0 Å². The molecule has 1 aromatic heterocycles. The zero-order chi connectivity index (χ0) is 23.4. The lowest BCUT2D eigenvalue weighted by Gasteiger charge is -2.20. The van der Waals surface area contributed by atoms with Gasteiger partial charge in [-0.2, -0.15) is 5.26 Å². The maximum atomic E-state index is 13.5. The minimum absolute atomic E-state index is 0.00208. The van der Waals surface area contributed by atoms with Crippen LogP contribution in [0.15, 0.2) is 36.4 Å². The molecule has 2 N–H and O–H groups in total. The summed E-state index contributed by atoms with van der Waals surface area (Å²) >= 11 is 5.87. The van der Waals surface area contributed by atoms with Gasteiger partial charge in [0.05, 0.1) is 12.1 Å². The fraction of sp³-hybridized carbons (Fsp3) is 0.308. The Labute approximate surface area is 197 Å². The van der Waals surface area contributed by atoms with Crippen molar-refractivity contribution in [2.45, 2.75) is 45.1 Å². The molecular weight excluding hydrogens is 441 g/mol. The number of anilines is 1. The Morgan fingerprint density at radius 1 is 1.12 bits per heavy atom. The third-order valence-corrected chi connectivity index (χ3v) is 6.26. The van der Waals surface area contributed by atoms with Crippen LogP contribution < -0.4 is 15.2 Å². The van der Waals surface area contributed by atoms with E-state index in [1.807, 2.05) is 18.2 Å². The van der Waals surface area contributed by atoms with E-state index in [1.54, 1.807) is 7.11 Å². The van der Waals surface area contributed by atoms with Crippen molar-refractivity contribution in [1.29, 1.82) is 5.26 Å². The van der Waals surface area contributed by atoms with Gasteiger partial charge in [0.25, 0.3) is 0 Å². The van der Waals surface area contributed by atoms with E-state index < -0.39 is 5.82 Å². The standard InChI is InChI=1S/C26H25ClFN3O2/c1-32-24-11-8-16(12-17(24)15-33-18-9-10-22(28)21(27)13-18)25-19-6-4-2-3-5-7-23(19)31-26(30)20(25)14-29/h8-13H,2-7,15H2,1H3,(H2,30,31). The fourth-order valence-corrected chi connectivity index (χ4v) is 4.49. The molecule has 1 aliphatic carbocycles. The molecule has 0 aliphatic heterocycles. The van der Waals surface area contributed by atoms with Crippen molar-refractivity contribution in [2.24, 2.45) is 0 Å². The van der Waals surface area contributed by atoms with Crippen molar-refractivity contribution in [3.8, 4) is 28.7 Å². The SMILES string of the molecule is COc1ccc(-c2c(C#N)c(N)nc3c2CCCCCC3)cc1COc1ccc(F)c(Cl)c1. The summed E-state index contributed by atoms with van der Waals surface area (Å²) in [4.78, 5) is 4.58. The number of hydrogen-bond donors (Lipinski definition) is 1. The van der Waals surface area contributed by atoms with Crippen LogP contribution >= 0.6 is 11.6 Å². The van der Waals surface area contributed by atoms with Crippen molar-refractivity contribution in [3.05, 3.63) is 69.6 Å². The number of ether oxygens (including phenoxy) is 2. The van der Waals surface area contributed by atoms with Crippen LogP contribution in [0, 0.1) is 17.1 Å². The van der Waals surface area contributed by atoms with Gasteiger partial charge in [-0.1, -0.05) is 30.5 Å². The number of nitrogens with zero attached hydrogens (tertiary/aromatic N) is 2. The van der Waals surface area contributed by atoms with Crippen molar-refractivity contribution >= 4 is 17.4 Å². The Hall–Kier alpha value is -3.30. The zero-order valence-electron chi connectivity index (χ0n) is 18.5. The van der Waals surface area contributed by atoms with Crippen LogP contribution in [0.1, 0.15) is 48.1 Å². The molecule has 0 fully saturated rings. The number of halogens is 2. The second-order valence-corrected chi connectivity index (χ2v) is 8.50. The monoisotopic (exact) mass is 465 g/mol. The maximum absolute atomic E-state index is 13.5. The van der Waals surface area contributed by atoms with Crippen molar-refractivity contribution < 1.29 is 13.9 Å². The number of fused-ring (bicyclic) bond motifs is 1. The van der Waals surface area contributed by atoms with Gasteiger partial charge in [-0.15, -0.1) is 0 Å². The van der Waals surface area contributed by atoms with E-state index in [2.05, 4.69) is 11.1 Å². The molecule has 3 aromatic rings. The summed E-state index contributed by atoms with van der Waals surface area (Å²) in [6, 6.07) is 12.2. The van der Waals surface area contributed by atoms with Crippen molar-refractivity contribution in [3.63, 3.8) is 0 Å². The molecule has 7 heteroatoms. The van der Waals surface area contributed by atoms with E-state index in [0.717, 1.165) is 60.1 Å². The molecule has 33 heavy (non-hydrogen) atoms. The van der Waals surface area contributed by atoms with Crippen LogP contribution in [0.4, 0.5) is 10.2 Å². The first-order valence-corrected chi connectivity index (χ1v) is 11.4. The lowest BCUT2D eigenvalue weighted by atomic mass is 9.87. The molecule has 2 aromatic carbocycles. The first-order chi connectivity index (χ1) is 16.0. The molecule has 1 aliphatic rings. The molecule has 0 spiro atoms. The summed E-state index contributed by atoms with van der Waals surface area (Å²) in [7, 11) is 1.59. The number of rotatable bonds is 5. The Morgan fingerprint density at radius 3 is 2.64 bits per heavy atom. The van der Waals surface area contributed by atoms with Gasteiger partial charge in [0.1, 0.15) is 41.4 Å². The number of benzene rings is 2. The zero-order valence-corrected chi connectivity index (χ0v) is 19.2. The Balaban J connectivity index is 1.76. The van der Waals surface area contributed by atoms with Crippen molar-refractivity contribution in [1.82, 2.24) is 4.98 Å². The minimum atomic E-state index is -0.501. The van der Waals surface area contributed by atoms with Crippen LogP contribution in [0.5, 0.6) is 11.5 Å². The molecule has 0 atom stereocenters. The number of aryl methyl sites for hydroxylation is 1. The average Bonchev–Trinajstić information content (AvgIpc) is 2.80. The summed E-state index contributed by atoms with van der Waals surface area (Å²) < 4.78 is 24.9. The van der Waals surface area contributed by atoms with Crippen molar-refractivity contribution in [2.75, 3.05) is 12.8 Å². The van der Waals surface area contributed by atoms with Gasteiger partial charge in [-0.05, 0) is 61.1 Å². The van der Waals surface area contributed by atoms with E-state index in [4.69, 9.17) is 26.8 Å². The third-order valence-electron chi connectivity index (χ3n) is 5.97. The largest absolute Gasteiger partial charge is 0.496 e. The van der Waals surface area contributed by atoms with E-state index in [-0.39, 0.29) is 17.4 Å². The summed E-state index contributed by atoms with van der Waals surface area (Å²) in [5.41, 5.74) is 11.2. The van der Waals surface area contributed by atoms with Gasteiger partial charge in [-0.3, -0.25) is 0 Å². The Bertz CT molecular complexity index is 1220. The second-order valence-electron chi connectivity index (χ2n) is 8.09. The van der Waals surface area contributed by atoms with Crippen LogP contribution in [0.2, 0.25) is 5.02 Å². The highest BCUT2D eigenvalue weighted by Crippen LogP contribution is 2.37. The Morgan fingerprint density at radius 2 is 1.91 bits per heavy atom. The summed E-state index contributed by atoms with van der Waals surface area (Å²) in [5.74, 6) is 0.862. The average molecular weight is 466 g/mol. The van der Waals surface area contributed by atoms with Gasteiger partial charge in [-0.25, -0.2) is 9.37 Å². The summed E-state index contributed by atoms with van der Waals surface area (Å²) in [5, 5.41) is 9.89. The molecule has 5 nitrogen and oxygen atoms in total. The second kappa shape index (κ2) is 10.1. The Kier molecular flexibility index (Phi) is 7.00. The minimum Gasteiger partial charge on any atom is -0.496 e. The number of nitriles is 1. The highest BCUT2D eigenvalue weighted by atomic mass is 35.5. The number of nitrogens with two attached hydrogens (primary N) is 1. The summed E-state index contributed by atoms with van der Waals surface area (Å²) in [6.45, 7) is 0.184. The smallest absolute Gasteiger partial charge is 0.142 e. The molecule has 0 saturated carbocycles. The third kappa shape index (κ3) is 4.89. The number of nitrogen functional groups attached to an aromatic ring is 1. The first kappa shape index (κ1) is 22.9. The molecule has 0 bridgehead atoms. The molecule has 0 radical (unpaired) electrons. The predicted molar refractivity (Wildman–Crippen MR) is 127 cm³/mol. The van der Waals surface area contributed by atoms with E-state index >= 15 is 0 Å². The maximum Gasteiger partial charge on any atom is 0.142 e. The van der Waals surface area contributed by atoms with Gasteiger partial charge < -0.3 is 15.2 Å². The molecule has 4 rings (SSSR count). The van der Waals surface area contributed by atoms with Gasteiger partial charge >= 0.3 is 0 Å². The van der Waals surface area contributed by atoms with Gasteiger partial charge in [0.2, 0.25) is 0 Å². The van der Waals surface area contributed by atoms with E-state index in [1.165, 1.54) is 24.6 Å². The fourth-order valence-electron chi connectivity index (χ4n) is 4.32. The number of methoxy groups -OCH3 is 1. The lowest BCUT2D eigenvalue weighted by Crippen LogP contribution is -2.10. The normalized spacial score (nSPS) is 13.4. The number of hydrogen-bond acceptors (Lipinski definition) is 5. The van der Waals surface area contributed by atoms with E-state index in [9.17, 15) is 9.65 Å². The van der Waals surface area contributed by atoms with Crippen LogP contribution in [-0.2, 0) is 19.4 Å². The molecule has 170 valence electrons. The van der Waals surface area contributed by atoms with Gasteiger partial charge in [0, 0.05) is 22.9 Å².